The summed E-state index contributed by atoms with van der Waals surface area (Å²) in [6, 6.07) is 1.50. The molecule has 0 unspecified atom stereocenters. The van der Waals surface area contributed by atoms with Crippen LogP contribution < -0.4 is 5.32 Å². The number of ether oxygens (including phenoxy) is 3. The van der Waals surface area contributed by atoms with Crippen LogP contribution in [0.2, 0.25) is 0 Å². The van der Waals surface area contributed by atoms with Gasteiger partial charge in [-0.25, -0.2) is 14.4 Å². The van der Waals surface area contributed by atoms with E-state index in [9.17, 15) is 34.6 Å². The van der Waals surface area contributed by atoms with Gasteiger partial charge in [0.1, 0.15) is 0 Å². The second-order valence-corrected chi connectivity index (χ2v) is 5.78. The van der Waals surface area contributed by atoms with Crippen LogP contribution in [0.15, 0.2) is 23.9 Å². The van der Waals surface area contributed by atoms with Crippen LogP contribution in [0.4, 0.5) is 17.1 Å². The largest absolute Gasteiger partial charge is 0.465 e. The molecule has 1 fully saturated rings. The lowest BCUT2D eigenvalue weighted by atomic mass is 10.1. The number of nitro benzene ring substituents is 2. The lowest BCUT2D eigenvalue weighted by molar-refractivity contribution is -0.392. The molecule has 0 spiro atoms. The van der Waals surface area contributed by atoms with Gasteiger partial charge in [-0.2, -0.15) is 0 Å². The van der Waals surface area contributed by atoms with E-state index in [1.807, 2.05) is 0 Å². The number of hydrogen-bond acceptors (Lipinski definition) is 11. The van der Waals surface area contributed by atoms with Gasteiger partial charge in [-0.05, 0) is 0 Å². The summed E-state index contributed by atoms with van der Waals surface area (Å²) < 4.78 is 14.1. The van der Waals surface area contributed by atoms with Crippen LogP contribution in [-0.2, 0) is 23.8 Å². The molecule has 13 nitrogen and oxygen atoms in total. The minimum absolute atomic E-state index is 0.433. The molecule has 0 atom stereocenters. The van der Waals surface area contributed by atoms with E-state index in [0.29, 0.717) is 6.20 Å². The second kappa shape index (κ2) is 7.30. The summed E-state index contributed by atoms with van der Waals surface area (Å²) in [5.41, 5.74) is -3.48. The third-order valence-electron chi connectivity index (χ3n) is 3.39. The van der Waals surface area contributed by atoms with Crippen LogP contribution in [0.3, 0.4) is 0 Å². The Hall–Kier alpha value is -4.03. The van der Waals surface area contributed by atoms with Gasteiger partial charge in [-0.1, -0.05) is 0 Å². The van der Waals surface area contributed by atoms with Crippen LogP contribution in [-0.4, -0.2) is 40.7 Å². The van der Waals surface area contributed by atoms with E-state index in [0.717, 1.165) is 19.2 Å². The summed E-state index contributed by atoms with van der Waals surface area (Å²) in [5, 5.41) is 24.8. The molecule has 0 saturated carbocycles. The second-order valence-electron chi connectivity index (χ2n) is 5.78. The van der Waals surface area contributed by atoms with E-state index in [4.69, 9.17) is 9.47 Å². The van der Waals surface area contributed by atoms with Crippen molar-refractivity contribution in [2.45, 2.75) is 19.6 Å². The minimum Gasteiger partial charge on any atom is -0.465 e. The van der Waals surface area contributed by atoms with Crippen molar-refractivity contribution in [3.8, 4) is 0 Å². The Morgan fingerprint density at radius 3 is 1.96 bits per heavy atom. The van der Waals surface area contributed by atoms with Crippen molar-refractivity contribution in [2.24, 2.45) is 0 Å². The first kappa shape index (κ1) is 20.3. The number of carbonyl (C=O) groups is 3. The zero-order chi connectivity index (χ0) is 21.2. The highest BCUT2D eigenvalue weighted by atomic mass is 16.7. The number of nitrogens with zero attached hydrogens (tertiary/aromatic N) is 2. The zero-order valence-electron chi connectivity index (χ0n) is 14.7. The first-order valence-electron chi connectivity index (χ1n) is 7.45. The molecule has 1 aromatic rings. The number of nitrogens with one attached hydrogen (secondary N) is 1. The predicted octanol–water partition coefficient (Wildman–Crippen LogP) is 1.42. The van der Waals surface area contributed by atoms with Crippen LogP contribution in [0.1, 0.15) is 24.2 Å². The van der Waals surface area contributed by atoms with Crippen LogP contribution in [0.25, 0.3) is 0 Å². The number of carbonyl (C=O) groups excluding carboxylic acids is 3. The SMILES string of the molecule is COC(=O)c1cc([N+](=O)[O-])c(NC=C2C(=O)OC(C)(C)OC2=O)c([N+](=O)[O-])c1. The summed E-state index contributed by atoms with van der Waals surface area (Å²) in [6.45, 7) is 2.63. The molecular formula is C15H13N3O10. The third kappa shape index (κ3) is 4.03. The van der Waals surface area contributed by atoms with Gasteiger partial charge in [-0.3, -0.25) is 20.2 Å². The number of benzene rings is 1. The summed E-state index contributed by atoms with van der Waals surface area (Å²) in [7, 11) is 0.998. The number of methoxy groups -OCH3 is 1. The van der Waals surface area contributed by atoms with E-state index in [-0.39, 0.29) is 0 Å². The molecule has 148 valence electrons. The van der Waals surface area contributed by atoms with Crippen molar-refractivity contribution in [1.29, 1.82) is 0 Å². The topological polar surface area (TPSA) is 177 Å². The number of anilines is 1. The molecule has 0 aromatic heterocycles. The minimum atomic E-state index is -1.51. The molecule has 1 saturated heterocycles. The molecule has 28 heavy (non-hydrogen) atoms. The Balaban J connectivity index is 2.54. The number of hydrogen-bond donors (Lipinski definition) is 1. The number of rotatable bonds is 5. The molecule has 0 bridgehead atoms. The van der Waals surface area contributed by atoms with E-state index >= 15 is 0 Å². The predicted molar refractivity (Wildman–Crippen MR) is 89.1 cm³/mol. The van der Waals surface area contributed by atoms with Crippen molar-refractivity contribution >= 4 is 35.0 Å². The summed E-state index contributed by atoms with van der Waals surface area (Å²) >= 11 is 0. The van der Waals surface area contributed by atoms with Gasteiger partial charge < -0.3 is 19.5 Å². The monoisotopic (exact) mass is 395 g/mol. The van der Waals surface area contributed by atoms with E-state index in [1.54, 1.807) is 0 Å². The maximum Gasteiger partial charge on any atom is 0.350 e. The van der Waals surface area contributed by atoms with Crippen molar-refractivity contribution in [2.75, 3.05) is 12.4 Å². The van der Waals surface area contributed by atoms with Crippen LogP contribution >= 0.6 is 0 Å². The summed E-state index contributed by atoms with van der Waals surface area (Å²) in [4.78, 5) is 56.1. The fourth-order valence-corrected chi connectivity index (χ4v) is 2.21. The zero-order valence-corrected chi connectivity index (χ0v) is 14.7. The van der Waals surface area contributed by atoms with Gasteiger partial charge in [0.15, 0.2) is 11.3 Å². The molecule has 2 rings (SSSR count). The Labute approximate surface area is 156 Å². The van der Waals surface area contributed by atoms with E-state index < -0.39 is 61.7 Å². The normalized spacial score (nSPS) is 15.2. The van der Waals surface area contributed by atoms with Gasteiger partial charge in [0.2, 0.25) is 0 Å². The molecule has 0 radical (unpaired) electrons. The molecular weight excluding hydrogens is 382 g/mol. The Morgan fingerprint density at radius 1 is 1.11 bits per heavy atom. The smallest absolute Gasteiger partial charge is 0.350 e. The van der Waals surface area contributed by atoms with E-state index in [1.165, 1.54) is 13.8 Å². The van der Waals surface area contributed by atoms with Crippen molar-refractivity contribution in [1.82, 2.24) is 0 Å². The number of nitro groups is 2. The number of esters is 3. The fraction of sp³-hybridized carbons (Fsp3) is 0.267. The lowest BCUT2D eigenvalue weighted by Gasteiger charge is -2.29. The highest BCUT2D eigenvalue weighted by Gasteiger charge is 2.39. The molecule has 0 amide bonds. The molecule has 1 N–H and O–H groups in total. The Morgan fingerprint density at radius 2 is 1.57 bits per heavy atom. The van der Waals surface area contributed by atoms with Crippen molar-refractivity contribution < 1.29 is 38.4 Å². The Kier molecular flexibility index (Phi) is 5.29. The first-order chi connectivity index (χ1) is 13.0. The maximum atomic E-state index is 11.9. The van der Waals surface area contributed by atoms with Crippen molar-refractivity contribution in [3.63, 3.8) is 0 Å². The highest BCUT2D eigenvalue weighted by Crippen LogP contribution is 2.36. The average Bonchev–Trinajstić information content (AvgIpc) is 2.58. The molecule has 0 aliphatic carbocycles. The van der Waals surface area contributed by atoms with Gasteiger partial charge in [0.25, 0.3) is 5.79 Å². The lowest BCUT2D eigenvalue weighted by Crippen LogP contribution is -2.42. The van der Waals surface area contributed by atoms with Gasteiger partial charge in [0, 0.05) is 32.2 Å². The van der Waals surface area contributed by atoms with Crippen molar-refractivity contribution in [3.05, 3.63) is 49.7 Å². The van der Waals surface area contributed by atoms with Crippen LogP contribution in [0.5, 0.6) is 0 Å². The average molecular weight is 395 g/mol. The molecule has 13 heteroatoms. The quantitative estimate of drug-likeness (QED) is 0.251. The third-order valence-corrected chi connectivity index (χ3v) is 3.39. The van der Waals surface area contributed by atoms with Crippen LogP contribution in [0, 0.1) is 20.2 Å². The Bertz CT molecular complexity index is 877. The standard InChI is InChI=1S/C15H13N3O10/c1-15(2)27-13(20)8(14(21)28-15)6-16-11-9(17(22)23)4-7(12(19)26-3)5-10(11)18(24)25/h4-6,16H,1-3H3. The van der Waals surface area contributed by atoms with Gasteiger partial charge in [-0.15, -0.1) is 0 Å². The molecule has 1 aromatic carbocycles. The summed E-state index contributed by atoms with van der Waals surface area (Å²) in [5.74, 6) is -4.72. The summed E-state index contributed by atoms with van der Waals surface area (Å²) in [6.07, 6.45) is 0.688. The maximum absolute atomic E-state index is 11.9. The molecule has 1 heterocycles. The highest BCUT2D eigenvalue weighted by molar-refractivity contribution is 6.15. The molecule has 1 aliphatic heterocycles. The van der Waals surface area contributed by atoms with Gasteiger partial charge in [0.05, 0.1) is 22.5 Å². The number of cyclic esters (lactones) is 2. The van der Waals surface area contributed by atoms with E-state index in [2.05, 4.69) is 10.1 Å². The molecule has 1 aliphatic rings. The van der Waals surface area contributed by atoms with Gasteiger partial charge >= 0.3 is 29.3 Å². The fourth-order valence-electron chi connectivity index (χ4n) is 2.21. The first-order valence-corrected chi connectivity index (χ1v) is 7.45.